The first-order valence-corrected chi connectivity index (χ1v) is 7.79. The van der Waals surface area contributed by atoms with Gasteiger partial charge >= 0.3 is 0 Å². The highest BCUT2D eigenvalue weighted by atomic mass is 16.5. The van der Waals surface area contributed by atoms with Gasteiger partial charge in [-0.05, 0) is 12.8 Å². The van der Waals surface area contributed by atoms with Crippen LogP contribution < -0.4 is 0 Å². The van der Waals surface area contributed by atoms with Crippen LogP contribution in [0.1, 0.15) is 89.7 Å². The molecule has 0 saturated heterocycles. The molecule has 0 aliphatic heterocycles. The standard InChI is InChI=1S/C16H29NO/c1-3-5-7-9-11-15(12-10-8-6-4-2)16-13-14-17-18-16/h13-15H,3-12H2,1-2H3. The van der Waals surface area contributed by atoms with Gasteiger partial charge < -0.3 is 4.52 Å². The molecule has 1 heterocycles. The monoisotopic (exact) mass is 251 g/mol. The van der Waals surface area contributed by atoms with Gasteiger partial charge in [0.05, 0.1) is 6.20 Å². The predicted molar refractivity (Wildman–Crippen MR) is 76.8 cm³/mol. The molecule has 0 atom stereocenters. The zero-order valence-electron chi connectivity index (χ0n) is 12.2. The van der Waals surface area contributed by atoms with Crippen LogP contribution in [0.15, 0.2) is 16.8 Å². The Labute approximate surface area is 112 Å². The molecule has 0 bridgehead atoms. The van der Waals surface area contributed by atoms with Crippen molar-refractivity contribution in [2.45, 2.75) is 84.0 Å². The second-order valence-electron chi connectivity index (χ2n) is 5.31. The lowest BCUT2D eigenvalue weighted by molar-refractivity contribution is 0.337. The summed E-state index contributed by atoms with van der Waals surface area (Å²) in [6.45, 7) is 4.53. The molecule has 0 aliphatic carbocycles. The molecule has 0 N–H and O–H groups in total. The Kier molecular flexibility index (Phi) is 8.62. The molecule has 0 aliphatic rings. The molecule has 18 heavy (non-hydrogen) atoms. The molecule has 1 aromatic rings. The zero-order valence-corrected chi connectivity index (χ0v) is 12.2. The van der Waals surface area contributed by atoms with E-state index in [1.165, 1.54) is 64.2 Å². The van der Waals surface area contributed by atoms with Crippen molar-refractivity contribution in [2.75, 3.05) is 0 Å². The van der Waals surface area contributed by atoms with E-state index in [0.717, 1.165) is 5.76 Å². The van der Waals surface area contributed by atoms with Gasteiger partial charge in [-0.25, -0.2) is 0 Å². The first kappa shape index (κ1) is 15.3. The van der Waals surface area contributed by atoms with E-state index in [4.69, 9.17) is 4.52 Å². The number of rotatable bonds is 11. The molecule has 1 aromatic heterocycles. The van der Waals surface area contributed by atoms with Gasteiger partial charge in [-0.3, -0.25) is 0 Å². The van der Waals surface area contributed by atoms with Gasteiger partial charge in [0, 0.05) is 12.0 Å². The van der Waals surface area contributed by atoms with E-state index >= 15 is 0 Å². The van der Waals surface area contributed by atoms with Crippen LogP contribution in [0, 0.1) is 0 Å². The Morgan fingerprint density at radius 2 is 1.56 bits per heavy atom. The van der Waals surface area contributed by atoms with Gasteiger partial charge in [0.25, 0.3) is 0 Å². The SMILES string of the molecule is CCCCCCC(CCCCCC)c1ccno1. The van der Waals surface area contributed by atoms with Gasteiger partial charge in [0.2, 0.25) is 0 Å². The fraction of sp³-hybridized carbons (Fsp3) is 0.812. The van der Waals surface area contributed by atoms with Crippen LogP contribution in [0.25, 0.3) is 0 Å². The molecule has 0 saturated carbocycles. The average molecular weight is 251 g/mol. The van der Waals surface area contributed by atoms with E-state index in [1.54, 1.807) is 6.20 Å². The molecule has 0 fully saturated rings. The lowest BCUT2D eigenvalue weighted by Crippen LogP contribution is -1.98. The van der Waals surface area contributed by atoms with E-state index in [9.17, 15) is 0 Å². The Morgan fingerprint density at radius 3 is 2.00 bits per heavy atom. The van der Waals surface area contributed by atoms with Gasteiger partial charge in [-0.1, -0.05) is 70.4 Å². The highest BCUT2D eigenvalue weighted by molar-refractivity contribution is 5.01. The smallest absolute Gasteiger partial charge is 0.139 e. The maximum Gasteiger partial charge on any atom is 0.139 e. The molecular formula is C16H29NO. The minimum absolute atomic E-state index is 0.598. The van der Waals surface area contributed by atoms with E-state index < -0.39 is 0 Å². The second-order valence-corrected chi connectivity index (χ2v) is 5.31. The summed E-state index contributed by atoms with van der Waals surface area (Å²) in [4.78, 5) is 0. The largest absolute Gasteiger partial charge is 0.361 e. The third-order valence-electron chi connectivity index (χ3n) is 3.67. The molecule has 0 unspecified atom stereocenters. The number of hydrogen-bond donors (Lipinski definition) is 0. The number of unbranched alkanes of at least 4 members (excludes halogenated alkanes) is 6. The van der Waals surface area contributed by atoms with Crippen molar-refractivity contribution in [2.24, 2.45) is 0 Å². The van der Waals surface area contributed by atoms with Crippen molar-refractivity contribution in [3.63, 3.8) is 0 Å². The van der Waals surface area contributed by atoms with Crippen molar-refractivity contribution >= 4 is 0 Å². The van der Waals surface area contributed by atoms with Crippen molar-refractivity contribution in [1.82, 2.24) is 5.16 Å². The van der Waals surface area contributed by atoms with Crippen LogP contribution in [-0.2, 0) is 0 Å². The fourth-order valence-electron chi connectivity index (χ4n) is 2.50. The average Bonchev–Trinajstić information content (AvgIpc) is 2.91. The second kappa shape index (κ2) is 10.2. The van der Waals surface area contributed by atoms with Gasteiger partial charge in [-0.2, -0.15) is 0 Å². The minimum Gasteiger partial charge on any atom is -0.361 e. The zero-order chi connectivity index (χ0) is 13.1. The van der Waals surface area contributed by atoms with E-state index in [2.05, 4.69) is 19.0 Å². The molecule has 0 radical (unpaired) electrons. The van der Waals surface area contributed by atoms with Gasteiger partial charge in [0.15, 0.2) is 0 Å². The lowest BCUT2D eigenvalue weighted by Gasteiger charge is -2.13. The summed E-state index contributed by atoms with van der Waals surface area (Å²) in [7, 11) is 0. The molecule has 1 rings (SSSR count). The summed E-state index contributed by atoms with van der Waals surface area (Å²) < 4.78 is 5.36. The van der Waals surface area contributed by atoms with E-state index in [0.29, 0.717) is 5.92 Å². The Bertz CT molecular complexity index is 257. The van der Waals surface area contributed by atoms with Gasteiger partial charge in [0.1, 0.15) is 5.76 Å². The van der Waals surface area contributed by atoms with Crippen molar-refractivity contribution in [3.8, 4) is 0 Å². The summed E-state index contributed by atoms with van der Waals surface area (Å²) in [6, 6.07) is 2.05. The quantitative estimate of drug-likeness (QED) is 0.471. The first-order chi connectivity index (χ1) is 8.88. The van der Waals surface area contributed by atoms with Crippen molar-refractivity contribution in [3.05, 3.63) is 18.0 Å². The molecule has 0 spiro atoms. The molecule has 104 valence electrons. The Hall–Kier alpha value is -0.790. The third-order valence-corrected chi connectivity index (χ3v) is 3.67. The highest BCUT2D eigenvalue weighted by Crippen LogP contribution is 2.28. The normalized spacial score (nSPS) is 11.3. The van der Waals surface area contributed by atoms with E-state index in [1.807, 2.05) is 6.07 Å². The number of hydrogen-bond acceptors (Lipinski definition) is 2. The molecule has 2 nitrogen and oxygen atoms in total. The molecular weight excluding hydrogens is 222 g/mol. The minimum atomic E-state index is 0.598. The number of aromatic nitrogens is 1. The van der Waals surface area contributed by atoms with Crippen LogP contribution >= 0.6 is 0 Å². The van der Waals surface area contributed by atoms with Gasteiger partial charge in [-0.15, -0.1) is 0 Å². The third kappa shape index (κ3) is 6.23. The summed E-state index contributed by atoms with van der Waals surface area (Å²) in [6.07, 6.45) is 15.0. The fourth-order valence-corrected chi connectivity index (χ4v) is 2.50. The lowest BCUT2D eigenvalue weighted by atomic mass is 9.92. The molecule has 0 amide bonds. The maximum atomic E-state index is 5.36. The van der Waals surface area contributed by atoms with Crippen LogP contribution in [0.4, 0.5) is 0 Å². The predicted octanol–water partition coefficient (Wildman–Crippen LogP) is 5.70. The molecule has 2 heteroatoms. The number of nitrogens with zero attached hydrogens (tertiary/aromatic N) is 1. The summed E-state index contributed by atoms with van der Waals surface area (Å²) in [5, 5.41) is 3.86. The summed E-state index contributed by atoms with van der Waals surface area (Å²) >= 11 is 0. The maximum absolute atomic E-state index is 5.36. The van der Waals surface area contributed by atoms with Crippen LogP contribution in [0.3, 0.4) is 0 Å². The first-order valence-electron chi connectivity index (χ1n) is 7.79. The van der Waals surface area contributed by atoms with Crippen LogP contribution in [0.2, 0.25) is 0 Å². The van der Waals surface area contributed by atoms with Crippen molar-refractivity contribution in [1.29, 1.82) is 0 Å². The van der Waals surface area contributed by atoms with Crippen LogP contribution in [-0.4, -0.2) is 5.16 Å². The van der Waals surface area contributed by atoms with Crippen molar-refractivity contribution < 1.29 is 4.52 Å². The Morgan fingerprint density at radius 1 is 0.944 bits per heavy atom. The van der Waals surface area contributed by atoms with Crippen LogP contribution in [0.5, 0.6) is 0 Å². The Balaban J connectivity index is 2.29. The van der Waals surface area contributed by atoms with E-state index in [-0.39, 0.29) is 0 Å². The highest BCUT2D eigenvalue weighted by Gasteiger charge is 2.14. The molecule has 0 aromatic carbocycles. The summed E-state index contributed by atoms with van der Waals surface area (Å²) in [5.41, 5.74) is 0. The topological polar surface area (TPSA) is 26.0 Å². The summed E-state index contributed by atoms with van der Waals surface area (Å²) in [5.74, 6) is 1.70.